The molecule has 4 aromatic heterocycles. The van der Waals surface area contributed by atoms with Crippen LogP contribution < -0.4 is 44.5 Å². The molecule has 2 aliphatic heterocycles. The molecule has 0 radical (unpaired) electrons. The predicted molar refractivity (Wildman–Crippen MR) is 341 cm³/mol. The van der Waals surface area contributed by atoms with Crippen LogP contribution in [0.3, 0.4) is 0 Å². The minimum absolute atomic E-state index is 0. The standard InChI is InChI=1S/C71H83N9O5S.Na.2Zn/c1-8-79-65-32-28-53(3)42-63(65)70(4,5)67(79)34-29-54(30-35-68-71(6,7)64-46-62(86(82,83)84)31-33-66(64)80(68)9-2)22-10-11-27-69(81)76-40-20-21-41-85-61-44-55(47-77(49-57-23-12-16-36-72-57)50-58-24-13-17-37-73-58)43-56(45-61)48-78(51-59-25-14-18-38-74-59)52-60-26-15-19-39-75-60;;;/h12-19,23-26,28-39,42-46H,8-11,20-22,27,40-41,47-52H2,1-7H3,(H-,76,81,82,83,84);;;/q;+1;2*+2. The van der Waals surface area contributed by atoms with E-state index in [0.717, 1.165) is 101 Å². The molecule has 89 heavy (non-hydrogen) atoms. The topological polar surface area (TPSA) is 160 Å². The van der Waals surface area contributed by atoms with Crippen molar-refractivity contribution in [2.45, 2.75) is 142 Å². The smallest absolute Gasteiger partial charge is 0.744 e. The van der Waals surface area contributed by atoms with Crippen LogP contribution in [0.5, 0.6) is 5.75 Å². The van der Waals surface area contributed by atoms with E-state index in [0.29, 0.717) is 65.4 Å². The van der Waals surface area contributed by atoms with Gasteiger partial charge in [-0.05, 0) is 174 Å². The van der Waals surface area contributed by atoms with Gasteiger partial charge in [0, 0.05) is 118 Å². The van der Waals surface area contributed by atoms with E-state index in [1.807, 2.05) is 73.3 Å². The normalized spacial score (nSPS) is 14.6. The van der Waals surface area contributed by atoms with E-state index in [9.17, 15) is 17.8 Å². The number of unbranched alkanes of at least 4 members (excludes halogenated alkanes) is 2. The van der Waals surface area contributed by atoms with Gasteiger partial charge in [-0.2, -0.15) is 4.58 Å². The number of benzene rings is 3. The Balaban J connectivity index is 0.00000421. The summed E-state index contributed by atoms with van der Waals surface area (Å²) in [7, 11) is -4.63. The van der Waals surface area contributed by atoms with E-state index < -0.39 is 15.5 Å². The van der Waals surface area contributed by atoms with E-state index in [2.05, 4.69) is 178 Å². The summed E-state index contributed by atoms with van der Waals surface area (Å²) >= 11 is 0. The summed E-state index contributed by atoms with van der Waals surface area (Å²) in [6.07, 6.45) is 20.4. The Hall–Kier alpha value is -5.70. The zero-order chi connectivity index (χ0) is 60.7. The van der Waals surface area contributed by atoms with E-state index in [-0.39, 0.29) is 84.7 Å². The number of aryl methyl sites for hydroxylation is 1. The summed E-state index contributed by atoms with van der Waals surface area (Å²) in [5.41, 5.74) is 14.2. The molecule has 448 valence electrons. The fourth-order valence-electron chi connectivity index (χ4n) is 12.0. The number of allylic oxidation sites excluding steroid dienone is 6. The maximum Gasteiger partial charge on any atom is 2.00 e. The Kier molecular flexibility index (Phi) is 27.7. The van der Waals surface area contributed by atoms with Crippen molar-refractivity contribution >= 4 is 33.1 Å². The van der Waals surface area contributed by atoms with Gasteiger partial charge in [-0.3, -0.25) is 34.5 Å². The molecule has 0 unspecified atom stereocenters. The van der Waals surface area contributed by atoms with Gasteiger partial charge < -0.3 is 19.5 Å². The number of hydrogen-bond acceptors (Lipinski definition) is 12. The van der Waals surface area contributed by atoms with Crippen molar-refractivity contribution < 1.29 is 95.6 Å². The maximum absolute atomic E-state index is 13.4. The Morgan fingerprint density at radius 1 is 0.663 bits per heavy atom. The first kappa shape index (κ1) is 72.4. The van der Waals surface area contributed by atoms with Crippen LogP contribution in [0.25, 0.3) is 0 Å². The van der Waals surface area contributed by atoms with Gasteiger partial charge >= 0.3 is 68.5 Å². The van der Waals surface area contributed by atoms with Gasteiger partial charge in [0.15, 0.2) is 5.71 Å². The molecule has 0 aliphatic carbocycles. The van der Waals surface area contributed by atoms with Crippen LogP contribution in [0.4, 0.5) is 11.4 Å². The average Bonchev–Trinajstić information content (AvgIpc) is 2.02. The first-order valence-corrected chi connectivity index (χ1v) is 31.7. The van der Waals surface area contributed by atoms with Crippen LogP contribution in [0.2, 0.25) is 0 Å². The number of hydrogen-bond donors (Lipinski definition) is 1. The number of anilines is 1. The Morgan fingerprint density at radius 2 is 1.21 bits per heavy atom. The number of nitrogens with one attached hydrogen (secondary N) is 1. The maximum atomic E-state index is 13.4. The van der Waals surface area contributed by atoms with Crippen molar-refractivity contribution in [2.75, 3.05) is 31.1 Å². The Morgan fingerprint density at radius 3 is 1.72 bits per heavy atom. The second kappa shape index (κ2) is 34.1. The third-order valence-electron chi connectivity index (χ3n) is 16.3. The number of rotatable bonds is 29. The van der Waals surface area contributed by atoms with Crippen molar-refractivity contribution in [1.82, 2.24) is 35.1 Å². The summed E-state index contributed by atoms with van der Waals surface area (Å²) in [6, 6.07) is 42.1. The van der Waals surface area contributed by atoms with Crippen molar-refractivity contribution in [3.63, 3.8) is 0 Å². The van der Waals surface area contributed by atoms with Gasteiger partial charge in [-0.25, -0.2) is 8.42 Å². The van der Waals surface area contributed by atoms with Crippen LogP contribution >= 0.6 is 0 Å². The number of ether oxygens (including phenoxy) is 1. The van der Waals surface area contributed by atoms with Crippen LogP contribution in [0.1, 0.15) is 131 Å². The molecule has 6 heterocycles. The van der Waals surface area contributed by atoms with Gasteiger partial charge in [-0.1, -0.05) is 74.0 Å². The van der Waals surface area contributed by atoms with E-state index in [1.54, 1.807) is 6.07 Å². The number of fused-ring (bicyclic) bond motifs is 2. The molecule has 2 aliphatic rings. The molecular formula is C71H83N9NaO5SZn2+5. The quantitative estimate of drug-likeness (QED) is 0.0156. The molecule has 0 spiro atoms. The molecule has 1 amide bonds. The zero-order valence-electron chi connectivity index (χ0n) is 53.5. The minimum Gasteiger partial charge on any atom is -0.744 e. The van der Waals surface area contributed by atoms with Crippen LogP contribution in [0.15, 0.2) is 193 Å². The van der Waals surface area contributed by atoms with Crippen molar-refractivity contribution in [1.29, 1.82) is 0 Å². The average molecular weight is 1330 g/mol. The number of aromatic nitrogens is 4. The summed E-state index contributed by atoms with van der Waals surface area (Å²) in [6.45, 7) is 21.6. The second-order valence-electron chi connectivity index (χ2n) is 23.6. The monoisotopic (exact) mass is 1320 g/mol. The van der Waals surface area contributed by atoms with Crippen molar-refractivity contribution in [3.05, 3.63) is 238 Å². The Bertz CT molecular complexity index is 3500. The first-order valence-electron chi connectivity index (χ1n) is 30.3. The number of pyridine rings is 4. The van der Waals surface area contributed by atoms with Gasteiger partial charge in [-0.15, -0.1) is 0 Å². The zero-order valence-corrected chi connectivity index (χ0v) is 62.2. The van der Waals surface area contributed by atoms with Crippen LogP contribution in [0, 0.1) is 6.92 Å². The third kappa shape index (κ3) is 19.7. The third-order valence-corrected chi connectivity index (χ3v) is 17.1. The fraction of sp³-hybridized carbons (Fsp3) is 0.352. The van der Waals surface area contributed by atoms with Crippen LogP contribution in [-0.2, 0) is 104 Å². The number of carbonyl (C=O) groups excluding carboxylic acids is 1. The largest absolute Gasteiger partial charge is 2.00 e. The van der Waals surface area contributed by atoms with Crippen molar-refractivity contribution in [2.24, 2.45) is 0 Å². The van der Waals surface area contributed by atoms with Gasteiger partial charge in [0.05, 0.1) is 39.7 Å². The molecular weight excluding hydrogens is 1240 g/mol. The van der Waals surface area contributed by atoms with E-state index >= 15 is 0 Å². The molecule has 3 aromatic carbocycles. The summed E-state index contributed by atoms with van der Waals surface area (Å²) in [4.78, 5) is 39.0. The second-order valence-corrected chi connectivity index (χ2v) is 25.0. The molecule has 7 aromatic rings. The fourth-order valence-corrected chi connectivity index (χ4v) is 12.4. The number of amides is 1. The van der Waals surface area contributed by atoms with Crippen LogP contribution in [-0.4, -0.2) is 85.1 Å². The number of nitrogens with zero attached hydrogens (tertiary/aromatic N) is 8. The van der Waals surface area contributed by atoms with Gasteiger partial charge in [0.1, 0.15) is 22.4 Å². The number of likely N-dealkylation sites (N-methyl/N-ethyl adjacent to an activating group) is 1. The molecule has 0 bridgehead atoms. The molecule has 18 heteroatoms. The van der Waals surface area contributed by atoms with Gasteiger partial charge in [0.2, 0.25) is 11.6 Å². The first-order chi connectivity index (χ1) is 41.5. The van der Waals surface area contributed by atoms with E-state index in [1.165, 1.54) is 34.6 Å². The molecule has 0 atom stereocenters. The Labute approximate surface area is 576 Å². The SMILES string of the molecule is CCN1/C(=C/C=C(/C=C/C2=[N+](CC)c3ccc(S(=O)(=O)[O-])cc3C2(C)C)CCCCC(=O)NCCCCOc2cc(CN(Cc3ccccn3)Cc3ccccn3)cc(CN(Cc3ccccn3)Cc3ccccn3)c2)C(C)(C)c2cc(C)ccc21.[Na+].[Zn+2].[Zn+2]. The van der Waals surface area contributed by atoms with Gasteiger partial charge in [0.25, 0.3) is 0 Å². The predicted octanol–water partition coefficient (Wildman–Crippen LogP) is 10.00. The van der Waals surface area contributed by atoms with Crippen molar-refractivity contribution in [3.8, 4) is 5.75 Å². The minimum atomic E-state index is -4.63. The molecule has 9 rings (SSSR count). The van der Waals surface area contributed by atoms with E-state index in [4.69, 9.17) is 4.74 Å². The summed E-state index contributed by atoms with van der Waals surface area (Å²) in [5, 5.41) is 3.17. The number of carbonyl (C=O) groups is 1. The molecule has 0 fully saturated rings. The molecule has 1 N–H and O–H groups in total. The molecule has 0 saturated heterocycles. The summed E-state index contributed by atoms with van der Waals surface area (Å²) < 4.78 is 45.1. The summed E-state index contributed by atoms with van der Waals surface area (Å²) in [5.74, 6) is 0.833. The molecule has 14 nitrogen and oxygen atoms in total. The molecule has 0 saturated carbocycles.